The van der Waals surface area contributed by atoms with Crippen molar-refractivity contribution >= 4 is 17.5 Å². The molecular weight excluding hydrogens is 438 g/mol. The van der Waals surface area contributed by atoms with Crippen LogP contribution in [-0.4, -0.2) is 50.5 Å². The number of hydrogen-bond donors (Lipinski definition) is 2. The summed E-state index contributed by atoms with van der Waals surface area (Å²) in [6.07, 6.45) is 7.54. The van der Waals surface area contributed by atoms with E-state index in [4.69, 9.17) is 11.6 Å². The summed E-state index contributed by atoms with van der Waals surface area (Å²) in [4.78, 5) is 26.7. The zero-order valence-corrected chi connectivity index (χ0v) is 20.0. The van der Waals surface area contributed by atoms with Crippen LogP contribution in [0.3, 0.4) is 0 Å². The molecule has 3 aromatic rings. The quantitative estimate of drug-likeness (QED) is 0.441. The van der Waals surface area contributed by atoms with E-state index in [1.807, 2.05) is 37.3 Å². The predicted molar refractivity (Wildman–Crippen MR) is 129 cm³/mol. The van der Waals surface area contributed by atoms with Gasteiger partial charge in [0.05, 0.1) is 24.5 Å². The molecular formula is C25H30ClN5O2. The molecule has 0 aliphatic rings. The van der Waals surface area contributed by atoms with E-state index < -0.39 is 6.10 Å². The lowest BCUT2D eigenvalue weighted by atomic mass is 10.0. The fourth-order valence-electron chi connectivity index (χ4n) is 3.53. The second kappa shape index (κ2) is 11.8. The first-order valence-electron chi connectivity index (χ1n) is 11.0. The van der Waals surface area contributed by atoms with Crippen LogP contribution in [0.4, 0.5) is 0 Å². The van der Waals surface area contributed by atoms with Crippen molar-refractivity contribution in [2.75, 3.05) is 13.6 Å². The van der Waals surface area contributed by atoms with Crippen LogP contribution in [0.5, 0.6) is 0 Å². The number of aromatic nitrogens is 3. The Labute approximate surface area is 199 Å². The first kappa shape index (κ1) is 24.8. The van der Waals surface area contributed by atoms with Crippen molar-refractivity contribution < 1.29 is 9.90 Å². The molecule has 2 heterocycles. The van der Waals surface area contributed by atoms with Gasteiger partial charge < -0.3 is 15.3 Å². The van der Waals surface area contributed by atoms with Gasteiger partial charge in [-0.2, -0.15) is 0 Å². The number of aryl methyl sites for hydroxylation is 1. The van der Waals surface area contributed by atoms with Crippen molar-refractivity contribution in [3.05, 3.63) is 88.2 Å². The van der Waals surface area contributed by atoms with Crippen molar-refractivity contribution in [3.63, 3.8) is 0 Å². The lowest BCUT2D eigenvalue weighted by Crippen LogP contribution is -2.34. The molecule has 0 aliphatic heterocycles. The lowest BCUT2D eigenvalue weighted by Gasteiger charge is -2.20. The molecule has 174 valence electrons. The third kappa shape index (κ3) is 7.05. The van der Waals surface area contributed by atoms with Crippen molar-refractivity contribution in [3.8, 4) is 0 Å². The molecule has 0 aliphatic carbocycles. The van der Waals surface area contributed by atoms with Crippen LogP contribution in [0.2, 0.25) is 5.15 Å². The van der Waals surface area contributed by atoms with Gasteiger partial charge in [0, 0.05) is 49.4 Å². The smallest absolute Gasteiger partial charge is 0.253 e. The van der Waals surface area contributed by atoms with E-state index >= 15 is 0 Å². The van der Waals surface area contributed by atoms with Gasteiger partial charge in [-0.3, -0.25) is 14.8 Å². The van der Waals surface area contributed by atoms with E-state index in [0.717, 1.165) is 35.2 Å². The Kier molecular flexibility index (Phi) is 8.88. The van der Waals surface area contributed by atoms with E-state index in [-0.39, 0.29) is 11.9 Å². The largest absolute Gasteiger partial charge is 0.387 e. The number of benzene rings is 1. The maximum atomic E-state index is 12.7. The third-order valence-corrected chi connectivity index (χ3v) is 5.95. The molecule has 2 aromatic heterocycles. The molecule has 0 saturated heterocycles. The van der Waals surface area contributed by atoms with E-state index in [1.54, 1.807) is 36.7 Å². The van der Waals surface area contributed by atoms with Crippen molar-refractivity contribution in [1.82, 2.24) is 25.2 Å². The van der Waals surface area contributed by atoms with Crippen LogP contribution in [0, 0.1) is 6.92 Å². The fraction of sp³-hybridized carbons (Fsp3) is 0.360. The summed E-state index contributed by atoms with van der Waals surface area (Å²) in [5.41, 5.74) is 4.09. The van der Waals surface area contributed by atoms with Gasteiger partial charge in [-0.05, 0) is 49.1 Å². The molecule has 0 fully saturated rings. The van der Waals surface area contributed by atoms with Gasteiger partial charge in [0.2, 0.25) is 0 Å². The molecule has 0 spiro atoms. The molecule has 2 unspecified atom stereocenters. The van der Waals surface area contributed by atoms with Crippen molar-refractivity contribution in [2.45, 2.75) is 45.4 Å². The molecule has 0 saturated carbocycles. The van der Waals surface area contributed by atoms with Crippen LogP contribution in [0.15, 0.2) is 55.1 Å². The highest BCUT2D eigenvalue weighted by Crippen LogP contribution is 2.18. The number of nitrogens with one attached hydrogen (secondary N) is 1. The van der Waals surface area contributed by atoms with Crippen LogP contribution < -0.4 is 5.32 Å². The van der Waals surface area contributed by atoms with Crippen LogP contribution in [0.1, 0.15) is 52.2 Å². The Morgan fingerprint density at radius 2 is 1.94 bits per heavy atom. The molecule has 3 rings (SSSR count). The second-order valence-electron chi connectivity index (χ2n) is 8.16. The highest BCUT2D eigenvalue weighted by atomic mass is 35.5. The summed E-state index contributed by atoms with van der Waals surface area (Å²) in [5.74, 6) is -0.0626. The molecule has 1 aromatic carbocycles. The summed E-state index contributed by atoms with van der Waals surface area (Å²) in [6.45, 7) is 4.80. The zero-order valence-electron chi connectivity index (χ0n) is 19.2. The number of hydrogen-bond acceptors (Lipinski definition) is 6. The fourth-order valence-corrected chi connectivity index (χ4v) is 3.64. The average Bonchev–Trinajstić information content (AvgIpc) is 2.83. The number of aliphatic hydroxyl groups is 1. The first-order chi connectivity index (χ1) is 15.9. The SMILES string of the molecule is CCC(Cc1ccc(C(=O)N(C)Cc2cnccn2)cc1)NCC(O)c1cnc(Cl)c(C)c1. The molecule has 0 bridgehead atoms. The van der Waals surface area contributed by atoms with Crippen molar-refractivity contribution in [2.24, 2.45) is 0 Å². The number of carbonyl (C=O) groups is 1. The number of aliphatic hydroxyl groups excluding tert-OH is 1. The lowest BCUT2D eigenvalue weighted by molar-refractivity contribution is 0.0783. The van der Waals surface area contributed by atoms with Crippen LogP contribution in [-0.2, 0) is 13.0 Å². The minimum atomic E-state index is -0.660. The monoisotopic (exact) mass is 467 g/mol. The van der Waals surface area contributed by atoms with Gasteiger partial charge in [-0.15, -0.1) is 0 Å². The van der Waals surface area contributed by atoms with E-state index in [0.29, 0.717) is 23.8 Å². The summed E-state index contributed by atoms with van der Waals surface area (Å²) >= 11 is 5.97. The zero-order chi connectivity index (χ0) is 23.8. The van der Waals surface area contributed by atoms with Gasteiger partial charge in [0.15, 0.2) is 0 Å². The molecule has 8 heteroatoms. The summed E-state index contributed by atoms with van der Waals surface area (Å²) in [7, 11) is 1.75. The number of amides is 1. The molecule has 2 N–H and O–H groups in total. The summed E-state index contributed by atoms with van der Waals surface area (Å²) in [5, 5.41) is 14.4. The van der Waals surface area contributed by atoms with E-state index in [1.165, 1.54) is 0 Å². The van der Waals surface area contributed by atoms with Gasteiger partial charge >= 0.3 is 0 Å². The highest BCUT2D eigenvalue weighted by Gasteiger charge is 2.15. The molecule has 7 nitrogen and oxygen atoms in total. The van der Waals surface area contributed by atoms with Crippen LogP contribution in [0.25, 0.3) is 0 Å². The topological polar surface area (TPSA) is 91.2 Å². The highest BCUT2D eigenvalue weighted by molar-refractivity contribution is 6.30. The normalized spacial score (nSPS) is 12.9. The van der Waals surface area contributed by atoms with Gasteiger partial charge in [-0.25, -0.2) is 4.98 Å². The molecule has 1 amide bonds. The Bertz CT molecular complexity index is 1050. The molecule has 0 radical (unpaired) electrons. The molecule has 33 heavy (non-hydrogen) atoms. The number of pyridine rings is 1. The van der Waals surface area contributed by atoms with Gasteiger partial charge in [0.25, 0.3) is 5.91 Å². The third-order valence-electron chi connectivity index (χ3n) is 5.56. The average molecular weight is 468 g/mol. The van der Waals surface area contributed by atoms with Gasteiger partial charge in [-0.1, -0.05) is 30.7 Å². The first-order valence-corrected chi connectivity index (χ1v) is 11.4. The minimum absolute atomic E-state index is 0.0626. The van der Waals surface area contributed by atoms with Crippen LogP contribution >= 0.6 is 11.6 Å². The van der Waals surface area contributed by atoms with Gasteiger partial charge in [0.1, 0.15) is 5.15 Å². The number of carbonyl (C=O) groups excluding carboxylic acids is 1. The van der Waals surface area contributed by atoms with Crippen molar-refractivity contribution in [1.29, 1.82) is 0 Å². The number of halogens is 1. The Morgan fingerprint density at radius 3 is 2.58 bits per heavy atom. The Hall–Kier alpha value is -2.87. The number of rotatable bonds is 10. The Morgan fingerprint density at radius 1 is 1.18 bits per heavy atom. The van der Waals surface area contributed by atoms with E-state index in [2.05, 4.69) is 27.2 Å². The predicted octanol–water partition coefficient (Wildman–Crippen LogP) is 3.75. The maximum Gasteiger partial charge on any atom is 0.253 e. The second-order valence-corrected chi connectivity index (χ2v) is 8.52. The summed E-state index contributed by atoms with van der Waals surface area (Å²) in [6, 6.07) is 9.73. The Balaban J connectivity index is 1.53. The van der Waals surface area contributed by atoms with E-state index in [9.17, 15) is 9.90 Å². The maximum absolute atomic E-state index is 12.7. The minimum Gasteiger partial charge on any atom is -0.387 e. The molecule has 2 atom stereocenters. The number of nitrogens with zero attached hydrogens (tertiary/aromatic N) is 4. The summed E-state index contributed by atoms with van der Waals surface area (Å²) < 4.78 is 0. The standard InChI is InChI=1S/C25H30ClN5O2/c1-4-21(29-15-23(32)20-11-17(2)24(26)30-13-20)12-18-5-7-19(8-6-18)25(33)31(3)16-22-14-27-9-10-28-22/h5-11,13-14,21,23,29,32H,4,12,15-16H2,1-3H3.